The molecule has 1 saturated carbocycles. The molecule has 0 atom stereocenters. The number of halogens is 1. The smallest absolute Gasteiger partial charge is 0.250 e. The molecule has 1 aromatic rings. The van der Waals surface area contributed by atoms with Crippen LogP contribution in [-0.4, -0.2) is 13.0 Å². The van der Waals surface area contributed by atoms with Gasteiger partial charge in [0.25, 0.3) is 0 Å². The lowest BCUT2D eigenvalue weighted by Crippen LogP contribution is -2.25. The SMILES string of the molecule is C=CC(=O)N(C)c1ccc(C2CCC(CCCCC)CC2)cc1F. The fourth-order valence-electron chi connectivity index (χ4n) is 3.77. The van der Waals surface area contributed by atoms with Gasteiger partial charge in [0, 0.05) is 7.05 Å². The Morgan fingerprint density at radius 2 is 2.00 bits per heavy atom. The van der Waals surface area contributed by atoms with Crippen LogP contribution in [0, 0.1) is 11.7 Å². The van der Waals surface area contributed by atoms with Crippen molar-refractivity contribution >= 4 is 11.6 Å². The second-order valence-electron chi connectivity index (χ2n) is 7.03. The number of hydrogen-bond donors (Lipinski definition) is 0. The Bertz CT molecular complexity index is 561. The van der Waals surface area contributed by atoms with Gasteiger partial charge in [-0.25, -0.2) is 4.39 Å². The number of carbonyl (C=O) groups excluding carboxylic acids is 1. The van der Waals surface area contributed by atoms with E-state index >= 15 is 0 Å². The molecule has 0 bridgehead atoms. The van der Waals surface area contributed by atoms with Crippen LogP contribution >= 0.6 is 0 Å². The molecule has 2 nitrogen and oxygen atoms in total. The first-order valence-corrected chi connectivity index (χ1v) is 9.26. The molecule has 0 unspecified atom stereocenters. The Labute approximate surface area is 145 Å². The van der Waals surface area contributed by atoms with Crippen molar-refractivity contribution in [3.8, 4) is 0 Å². The van der Waals surface area contributed by atoms with Crippen LogP contribution in [0.2, 0.25) is 0 Å². The highest BCUT2D eigenvalue weighted by atomic mass is 19.1. The van der Waals surface area contributed by atoms with Crippen LogP contribution in [0.1, 0.15) is 69.8 Å². The van der Waals surface area contributed by atoms with Gasteiger partial charge in [0.05, 0.1) is 5.69 Å². The maximum Gasteiger partial charge on any atom is 0.250 e. The zero-order valence-electron chi connectivity index (χ0n) is 15.1. The molecular formula is C21H30FNO. The van der Waals surface area contributed by atoms with Crippen molar-refractivity contribution in [3.05, 3.63) is 42.2 Å². The number of anilines is 1. The molecule has 0 saturated heterocycles. The summed E-state index contributed by atoms with van der Waals surface area (Å²) in [4.78, 5) is 12.9. The number of rotatable bonds is 7. The molecule has 3 heteroatoms. The van der Waals surface area contributed by atoms with E-state index in [0.717, 1.165) is 24.3 Å². The van der Waals surface area contributed by atoms with E-state index in [9.17, 15) is 9.18 Å². The van der Waals surface area contributed by atoms with Gasteiger partial charge < -0.3 is 4.90 Å². The van der Waals surface area contributed by atoms with E-state index in [2.05, 4.69) is 13.5 Å². The lowest BCUT2D eigenvalue weighted by Gasteiger charge is -2.29. The quantitative estimate of drug-likeness (QED) is 0.455. The van der Waals surface area contributed by atoms with Crippen LogP contribution in [-0.2, 0) is 4.79 Å². The summed E-state index contributed by atoms with van der Waals surface area (Å²) >= 11 is 0. The van der Waals surface area contributed by atoms with Gasteiger partial charge >= 0.3 is 0 Å². The number of amides is 1. The van der Waals surface area contributed by atoms with Crippen molar-refractivity contribution in [2.24, 2.45) is 5.92 Å². The van der Waals surface area contributed by atoms with Gasteiger partial charge in [-0.05, 0) is 61.3 Å². The normalized spacial score (nSPS) is 20.6. The van der Waals surface area contributed by atoms with E-state index in [1.807, 2.05) is 6.07 Å². The first kappa shape index (κ1) is 18.7. The lowest BCUT2D eigenvalue weighted by atomic mass is 9.77. The fraction of sp³-hybridized carbons (Fsp3) is 0.571. The van der Waals surface area contributed by atoms with E-state index in [1.54, 1.807) is 19.2 Å². The lowest BCUT2D eigenvalue weighted by molar-refractivity contribution is -0.113. The second-order valence-corrected chi connectivity index (χ2v) is 7.03. The Hall–Kier alpha value is -1.64. The summed E-state index contributed by atoms with van der Waals surface area (Å²) < 4.78 is 14.4. The van der Waals surface area contributed by atoms with Crippen LogP contribution in [0.5, 0.6) is 0 Å². The molecule has 0 heterocycles. The van der Waals surface area contributed by atoms with E-state index in [-0.39, 0.29) is 11.7 Å². The molecule has 0 radical (unpaired) electrons. The number of hydrogen-bond acceptors (Lipinski definition) is 1. The molecule has 0 aromatic heterocycles. The van der Waals surface area contributed by atoms with Crippen LogP contribution in [0.3, 0.4) is 0 Å². The third kappa shape index (κ3) is 4.68. The van der Waals surface area contributed by atoms with Gasteiger partial charge in [-0.15, -0.1) is 0 Å². The largest absolute Gasteiger partial charge is 0.309 e. The van der Waals surface area contributed by atoms with Crippen molar-refractivity contribution < 1.29 is 9.18 Å². The van der Waals surface area contributed by atoms with E-state index in [4.69, 9.17) is 0 Å². The van der Waals surface area contributed by atoms with Gasteiger partial charge in [-0.2, -0.15) is 0 Å². The number of nitrogens with zero attached hydrogens (tertiary/aromatic N) is 1. The Kier molecular flexibility index (Phi) is 7.01. The van der Waals surface area contributed by atoms with Crippen LogP contribution in [0.4, 0.5) is 10.1 Å². The summed E-state index contributed by atoms with van der Waals surface area (Å²) in [7, 11) is 1.57. The molecule has 1 aliphatic rings. The number of likely N-dealkylation sites (N-methyl/N-ethyl adjacent to an activating group) is 1. The molecule has 1 aromatic carbocycles. The molecule has 24 heavy (non-hydrogen) atoms. The molecule has 0 N–H and O–H groups in total. The minimum atomic E-state index is -0.324. The molecule has 1 fully saturated rings. The molecular weight excluding hydrogens is 301 g/mol. The van der Waals surface area contributed by atoms with Gasteiger partial charge in [-0.1, -0.05) is 45.3 Å². The Morgan fingerprint density at radius 1 is 1.29 bits per heavy atom. The fourth-order valence-corrected chi connectivity index (χ4v) is 3.77. The zero-order valence-corrected chi connectivity index (χ0v) is 15.1. The molecule has 132 valence electrons. The molecule has 1 amide bonds. The van der Waals surface area contributed by atoms with E-state index in [0.29, 0.717) is 11.6 Å². The highest BCUT2D eigenvalue weighted by Gasteiger charge is 2.23. The minimum Gasteiger partial charge on any atom is -0.309 e. The predicted molar refractivity (Wildman–Crippen MR) is 98.8 cm³/mol. The number of carbonyl (C=O) groups is 1. The molecule has 0 spiro atoms. The van der Waals surface area contributed by atoms with Crippen molar-refractivity contribution in [2.45, 2.75) is 64.2 Å². The number of unbranched alkanes of at least 4 members (excludes halogenated alkanes) is 2. The van der Waals surface area contributed by atoms with Crippen LogP contribution in [0.15, 0.2) is 30.9 Å². The monoisotopic (exact) mass is 331 g/mol. The van der Waals surface area contributed by atoms with Crippen molar-refractivity contribution in [1.82, 2.24) is 0 Å². The third-order valence-corrected chi connectivity index (χ3v) is 5.37. The Morgan fingerprint density at radius 3 is 2.58 bits per heavy atom. The average Bonchev–Trinajstić information content (AvgIpc) is 2.61. The molecule has 2 rings (SSSR count). The van der Waals surface area contributed by atoms with Crippen molar-refractivity contribution in [1.29, 1.82) is 0 Å². The van der Waals surface area contributed by atoms with Crippen molar-refractivity contribution in [2.75, 3.05) is 11.9 Å². The predicted octanol–water partition coefficient (Wildman–Crippen LogP) is 5.83. The molecule has 0 aliphatic heterocycles. The first-order chi connectivity index (χ1) is 11.6. The standard InChI is InChI=1S/C21H30FNO/c1-4-6-7-8-16-9-11-17(12-10-16)18-13-14-20(19(22)15-18)23(3)21(24)5-2/h5,13-17H,2,4,6-12H2,1,3H3. The average molecular weight is 331 g/mol. The van der Waals surface area contributed by atoms with Gasteiger partial charge in [0.1, 0.15) is 5.82 Å². The summed E-state index contributed by atoms with van der Waals surface area (Å²) in [5, 5.41) is 0. The van der Waals surface area contributed by atoms with E-state index < -0.39 is 0 Å². The topological polar surface area (TPSA) is 20.3 Å². The minimum absolute atomic E-state index is 0.297. The summed E-state index contributed by atoms with van der Waals surface area (Å²) in [6.07, 6.45) is 11.3. The van der Waals surface area contributed by atoms with Gasteiger partial charge in [0.2, 0.25) is 5.91 Å². The highest BCUT2D eigenvalue weighted by Crippen LogP contribution is 2.38. The third-order valence-electron chi connectivity index (χ3n) is 5.37. The van der Waals surface area contributed by atoms with Crippen LogP contribution < -0.4 is 4.90 Å². The van der Waals surface area contributed by atoms with Crippen molar-refractivity contribution in [3.63, 3.8) is 0 Å². The molecule has 1 aliphatic carbocycles. The maximum absolute atomic E-state index is 14.4. The summed E-state index contributed by atoms with van der Waals surface area (Å²) in [5.74, 6) is 0.689. The first-order valence-electron chi connectivity index (χ1n) is 9.26. The van der Waals surface area contributed by atoms with Gasteiger partial charge in [-0.3, -0.25) is 4.79 Å². The summed E-state index contributed by atoms with van der Waals surface area (Å²) in [6, 6.07) is 5.32. The Balaban J connectivity index is 1.95. The summed E-state index contributed by atoms with van der Waals surface area (Å²) in [5.41, 5.74) is 1.39. The second kappa shape index (κ2) is 9.00. The van der Waals surface area contributed by atoms with E-state index in [1.165, 1.54) is 49.5 Å². The zero-order chi connectivity index (χ0) is 17.5. The maximum atomic E-state index is 14.4. The van der Waals surface area contributed by atoms with Gasteiger partial charge in [0.15, 0.2) is 0 Å². The number of benzene rings is 1. The highest BCUT2D eigenvalue weighted by molar-refractivity contribution is 6.00. The van der Waals surface area contributed by atoms with Crippen LogP contribution in [0.25, 0.3) is 0 Å². The summed E-state index contributed by atoms with van der Waals surface area (Å²) in [6.45, 7) is 5.69.